The van der Waals surface area contributed by atoms with Gasteiger partial charge in [0.2, 0.25) is 0 Å². The SMILES string of the molecule is O=C(O)C(O)C(O)C(=O)O.c1ncc(N2CC3CC3C2)cc1OC[C@@H]1CCN1. The first kappa shape index (κ1) is 20.3. The average molecular weight is 395 g/mol. The first-order valence-corrected chi connectivity index (χ1v) is 9.23. The topological polar surface area (TPSA) is 152 Å². The summed E-state index contributed by atoms with van der Waals surface area (Å²) in [5.74, 6) is -0.728. The maximum atomic E-state index is 9.77. The molecule has 2 aliphatic heterocycles. The summed E-state index contributed by atoms with van der Waals surface area (Å²) in [7, 11) is 0. The third kappa shape index (κ3) is 5.09. The zero-order valence-electron chi connectivity index (χ0n) is 15.3. The quantitative estimate of drug-likeness (QED) is 0.395. The van der Waals surface area contributed by atoms with Crippen LogP contribution in [-0.4, -0.2) is 81.8 Å². The number of hydrogen-bond acceptors (Lipinski definition) is 8. The van der Waals surface area contributed by atoms with Gasteiger partial charge in [0.15, 0.2) is 12.2 Å². The monoisotopic (exact) mass is 395 g/mol. The molecule has 2 saturated heterocycles. The summed E-state index contributed by atoms with van der Waals surface area (Å²) < 4.78 is 5.80. The summed E-state index contributed by atoms with van der Waals surface area (Å²) in [4.78, 5) is 26.3. The van der Waals surface area contributed by atoms with Crippen LogP contribution in [0.25, 0.3) is 0 Å². The van der Waals surface area contributed by atoms with Crippen molar-refractivity contribution in [3.8, 4) is 5.75 Å². The first-order chi connectivity index (χ1) is 13.3. The molecule has 1 aromatic heterocycles. The molecule has 0 radical (unpaired) electrons. The van der Waals surface area contributed by atoms with E-state index in [1.807, 2.05) is 12.4 Å². The molecule has 28 heavy (non-hydrogen) atoms. The summed E-state index contributed by atoms with van der Waals surface area (Å²) in [6.07, 6.45) is 1.91. The Labute approximate surface area is 161 Å². The number of aliphatic hydroxyl groups excluding tert-OH is 2. The summed E-state index contributed by atoms with van der Waals surface area (Å²) in [6.45, 7) is 4.30. The van der Waals surface area contributed by atoms with Gasteiger partial charge in [-0.1, -0.05) is 0 Å². The molecule has 3 fully saturated rings. The maximum absolute atomic E-state index is 9.77. The molecule has 154 valence electrons. The van der Waals surface area contributed by atoms with E-state index in [0.29, 0.717) is 6.04 Å². The number of carboxylic acids is 2. The number of carbonyl (C=O) groups is 2. The van der Waals surface area contributed by atoms with E-state index in [-0.39, 0.29) is 0 Å². The number of anilines is 1. The minimum Gasteiger partial charge on any atom is -0.490 e. The number of ether oxygens (including phenoxy) is 1. The van der Waals surface area contributed by atoms with E-state index in [1.165, 1.54) is 31.6 Å². The number of piperidine rings is 1. The minimum atomic E-state index is -2.27. The van der Waals surface area contributed by atoms with Crippen LogP contribution in [0, 0.1) is 11.8 Å². The fraction of sp³-hybridized carbons (Fsp3) is 0.611. The molecule has 4 unspecified atom stereocenters. The molecule has 0 amide bonds. The van der Waals surface area contributed by atoms with E-state index in [4.69, 9.17) is 25.2 Å². The van der Waals surface area contributed by atoms with Gasteiger partial charge in [-0.2, -0.15) is 0 Å². The third-order valence-corrected chi connectivity index (χ3v) is 5.22. The number of pyridine rings is 1. The maximum Gasteiger partial charge on any atom is 0.335 e. The molecule has 3 heterocycles. The minimum absolute atomic E-state index is 0.535. The Morgan fingerprint density at radius 1 is 1.18 bits per heavy atom. The molecular formula is C18H25N3O7. The van der Waals surface area contributed by atoms with Gasteiger partial charge < -0.3 is 35.4 Å². The van der Waals surface area contributed by atoms with Crippen LogP contribution in [0.4, 0.5) is 5.69 Å². The molecule has 5 N–H and O–H groups in total. The lowest BCUT2D eigenvalue weighted by Crippen LogP contribution is -2.46. The molecule has 3 aliphatic rings. The highest BCUT2D eigenvalue weighted by Crippen LogP contribution is 2.46. The zero-order chi connectivity index (χ0) is 20.3. The number of rotatable bonds is 7. The molecular weight excluding hydrogens is 370 g/mol. The van der Waals surface area contributed by atoms with Crippen LogP contribution in [0.2, 0.25) is 0 Å². The van der Waals surface area contributed by atoms with Crippen molar-refractivity contribution >= 4 is 17.6 Å². The summed E-state index contributed by atoms with van der Waals surface area (Å²) in [6, 6.07) is 2.67. The van der Waals surface area contributed by atoms with E-state index in [0.717, 1.165) is 30.7 Å². The Hall–Kier alpha value is -2.43. The van der Waals surface area contributed by atoms with Gasteiger partial charge in [0, 0.05) is 25.2 Å². The Balaban J connectivity index is 0.000000195. The second kappa shape index (κ2) is 8.72. The molecule has 0 aromatic carbocycles. The second-order valence-corrected chi connectivity index (χ2v) is 7.36. The van der Waals surface area contributed by atoms with E-state index >= 15 is 0 Å². The number of aliphatic hydroxyl groups is 2. The highest BCUT2D eigenvalue weighted by atomic mass is 16.5. The van der Waals surface area contributed by atoms with Gasteiger partial charge in [-0.3, -0.25) is 4.98 Å². The number of fused-ring (bicyclic) bond motifs is 1. The summed E-state index contributed by atoms with van der Waals surface area (Å²) in [5, 5.41) is 35.9. The Kier molecular flexibility index (Phi) is 6.32. The van der Waals surface area contributed by atoms with Gasteiger partial charge in [0.1, 0.15) is 12.4 Å². The van der Waals surface area contributed by atoms with Crippen LogP contribution in [-0.2, 0) is 9.59 Å². The highest BCUT2D eigenvalue weighted by Gasteiger charge is 2.45. The number of hydrogen-bond donors (Lipinski definition) is 5. The van der Waals surface area contributed by atoms with E-state index < -0.39 is 24.1 Å². The van der Waals surface area contributed by atoms with Crippen molar-refractivity contribution in [2.24, 2.45) is 11.8 Å². The van der Waals surface area contributed by atoms with Crippen LogP contribution >= 0.6 is 0 Å². The molecule has 5 atom stereocenters. The average Bonchev–Trinajstić information content (AvgIpc) is 3.25. The van der Waals surface area contributed by atoms with Crippen molar-refractivity contribution in [2.45, 2.75) is 31.1 Å². The van der Waals surface area contributed by atoms with Gasteiger partial charge in [-0.05, 0) is 31.2 Å². The lowest BCUT2D eigenvalue weighted by molar-refractivity contribution is -0.165. The lowest BCUT2D eigenvalue weighted by atomic mass is 10.1. The largest absolute Gasteiger partial charge is 0.490 e. The third-order valence-electron chi connectivity index (χ3n) is 5.22. The number of aromatic nitrogens is 1. The molecule has 0 bridgehead atoms. The molecule has 0 spiro atoms. The van der Waals surface area contributed by atoms with Gasteiger partial charge in [-0.25, -0.2) is 9.59 Å². The van der Waals surface area contributed by atoms with Crippen molar-refractivity contribution in [3.05, 3.63) is 18.5 Å². The van der Waals surface area contributed by atoms with Crippen molar-refractivity contribution in [1.29, 1.82) is 0 Å². The van der Waals surface area contributed by atoms with E-state index in [2.05, 4.69) is 21.3 Å². The molecule has 1 aliphatic carbocycles. The molecule has 10 heteroatoms. The van der Waals surface area contributed by atoms with Crippen LogP contribution in [0.3, 0.4) is 0 Å². The lowest BCUT2D eigenvalue weighted by Gasteiger charge is -2.27. The first-order valence-electron chi connectivity index (χ1n) is 9.23. The zero-order valence-corrected chi connectivity index (χ0v) is 15.3. The Morgan fingerprint density at radius 2 is 1.79 bits per heavy atom. The number of nitrogens with one attached hydrogen (secondary N) is 1. The molecule has 4 rings (SSSR count). The summed E-state index contributed by atoms with van der Waals surface area (Å²) in [5.41, 5.74) is 1.22. The molecule has 10 nitrogen and oxygen atoms in total. The second-order valence-electron chi connectivity index (χ2n) is 7.36. The van der Waals surface area contributed by atoms with Crippen molar-refractivity contribution < 1.29 is 34.8 Å². The fourth-order valence-electron chi connectivity index (χ4n) is 3.23. The van der Waals surface area contributed by atoms with Gasteiger partial charge >= 0.3 is 11.9 Å². The van der Waals surface area contributed by atoms with Gasteiger partial charge in [0.25, 0.3) is 0 Å². The highest BCUT2D eigenvalue weighted by molar-refractivity contribution is 5.83. The number of carboxylic acid groups (broad SMARTS) is 2. The van der Waals surface area contributed by atoms with Crippen LogP contribution in [0.15, 0.2) is 18.5 Å². The number of nitrogens with zero attached hydrogens (tertiary/aromatic N) is 2. The Bertz CT molecular complexity index is 684. The predicted molar refractivity (Wildman–Crippen MR) is 97.2 cm³/mol. The fourth-order valence-corrected chi connectivity index (χ4v) is 3.23. The smallest absolute Gasteiger partial charge is 0.335 e. The van der Waals surface area contributed by atoms with E-state index in [1.54, 1.807) is 0 Å². The van der Waals surface area contributed by atoms with Crippen molar-refractivity contribution in [2.75, 3.05) is 31.1 Å². The van der Waals surface area contributed by atoms with Gasteiger partial charge in [0.05, 0.1) is 18.1 Å². The summed E-state index contributed by atoms with van der Waals surface area (Å²) >= 11 is 0. The van der Waals surface area contributed by atoms with Crippen LogP contribution in [0.5, 0.6) is 5.75 Å². The van der Waals surface area contributed by atoms with Crippen molar-refractivity contribution in [1.82, 2.24) is 10.3 Å². The van der Waals surface area contributed by atoms with Crippen LogP contribution < -0.4 is 15.0 Å². The Morgan fingerprint density at radius 3 is 2.29 bits per heavy atom. The van der Waals surface area contributed by atoms with Crippen molar-refractivity contribution in [3.63, 3.8) is 0 Å². The predicted octanol–water partition coefficient (Wildman–Crippen LogP) is -0.844. The van der Waals surface area contributed by atoms with Gasteiger partial charge in [-0.15, -0.1) is 0 Å². The molecule has 1 aromatic rings. The molecule has 1 saturated carbocycles. The van der Waals surface area contributed by atoms with Crippen LogP contribution in [0.1, 0.15) is 12.8 Å². The number of aliphatic carboxylic acids is 2. The normalized spacial score (nSPS) is 26.8. The standard InChI is InChI=1S/C14H19N3O.C4H6O6/c1-2-16-12(1)9-18-14-4-13(5-15-6-14)17-7-10-3-11(10)8-17;5-1(3(7)8)2(6)4(9)10/h4-6,10-12,16H,1-3,7-9H2;1-2,5-6H,(H,7,8)(H,9,10)/t10?,11?,12-;/m0./s1. The van der Waals surface area contributed by atoms with E-state index in [9.17, 15) is 9.59 Å².